The summed E-state index contributed by atoms with van der Waals surface area (Å²) in [5, 5.41) is 0. The van der Waals surface area contributed by atoms with Gasteiger partial charge in [-0.15, -0.1) is 0 Å². The Hall–Kier alpha value is -1.00. The summed E-state index contributed by atoms with van der Waals surface area (Å²) in [5.74, 6) is 1.29. The Bertz CT molecular complexity index is 389. The molecule has 2 heterocycles. The van der Waals surface area contributed by atoms with E-state index < -0.39 is 0 Å². The molecular weight excluding hydrogens is 226 g/mol. The second-order valence-corrected chi connectivity index (χ2v) is 5.15. The van der Waals surface area contributed by atoms with Gasteiger partial charge in [0.05, 0.1) is 6.61 Å². The highest BCUT2D eigenvalue weighted by Gasteiger charge is 2.19. The third-order valence-electron chi connectivity index (χ3n) is 3.45. The van der Waals surface area contributed by atoms with Gasteiger partial charge in [0, 0.05) is 36.4 Å². The molecule has 2 rings (SSSR count). The monoisotopic (exact) mass is 249 g/mol. The smallest absolute Gasteiger partial charge is 0.134 e. The highest BCUT2D eigenvalue weighted by molar-refractivity contribution is 5.13. The SMILES string of the molecule is CCC(N)Cc1cc(C)nc(C2CCCOC2)n1. The maximum absolute atomic E-state index is 6.00. The Morgan fingerprint density at radius 1 is 1.50 bits per heavy atom. The van der Waals surface area contributed by atoms with Gasteiger partial charge in [-0.25, -0.2) is 9.97 Å². The molecule has 0 aliphatic carbocycles. The minimum absolute atomic E-state index is 0.190. The van der Waals surface area contributed by atoms with E-state index in [0.717, 1.165) is 56.1 Å². The topological polar surface area (TPSA) is 61.0 Å². The molecule has 2 N–H and O–H groups in total. The zero-order valence-electron chi connectivity index (χ0n) is 11.4. The van der Waals surface area contributed by atoms with Crippen LogP contribution in [0.15, 0.2) is 6.07 Å². The number of hydrogen-bond donors (Lipinski definition) is 1. The average molecular weight is 249 g/mol. The first kappa shape index (κ1) is 13.4. The lowest BCUT2D eigenvalue weighted by molar-refractivity contribution is 0.0779. The van der Waals surface area contributed by atoms with Crippen molar-refractivity contribution in [2.24, 2.45) is 5.73 Å². The third kappa shape index (κ3) is 3.50. The predicted molar refractivity (Wildman–Crippen MR) is 71.5 cm³/mol. The molecule has 0 amide bonds. The third-order valence-corrected chi connectivity index (χ3v) is 3.45. The first-order chi connectivity index (χ1) is 8.69. The highest BCUT2D eigenvalue weighted by Crippen LogP contribution is 2.23. The second kappa shape index (κ2) is 6.25. The van der Waals surface area contributed by atoms with E-state index in [1.807, 2.05) is 13.0 Å². The molecule has 100 valence electrons. The Kier molecular flexibility index (Phi) is 4.66. The van der Waals surface area contributed by atoms with Gasteiger partial charge in [0.25, 0.3) is 0 Å². The number of hydrogen-bond acceptors (Lipinski definition) is 4. The molecule has 1 fully saturated rings. The van der Waals surface area contributed by atoms with Gasteiger partial charge >= 0.3 is 0 Å². The summed E-state index contributed by atoms with van der Waals surface area (Å²) in [7, 11) is 0. The molecule has 2 atom stereocenters. The van der Waals surface area contributed by atoms with E-state index in [-0.39, 0.29) is 6.04 Å². The van der Waals surface area contributed by atoms with Crippen molar-refractivity contribution in [1.82, 2.24) is 9.97 Å². The molecule has 4 heteroatoms. The maximum Gasteiger partial charge on any atom is 0.134 e. The summed E-state index contributed by atoms with van der Waals surface area (Å²) < 4.78 is 5.51. The van der Waals surface area contributed by atoms with Crippen molar-refractivity contribution in [2.75, 3.05) is 13.2 Å². The molecule has 4 nitrogen and oxygen atoms in total. The van der Waals surface area contributed by atoms with Crippen LogP contribution in [-0.4, -0.2) is 29.2 Å². The second-order valence-electron chi connectivity index (χ2n) is 5.15. The number of nitrogens with zero attached hydrogens (tertiary/aromatic N) is 2. The molecule has 1 aromatic heterocycles. The van der Waals surface area contributed by atoms with Crippen molar-refractivity contribution in [1.29, 1.82) is 0 Å². The van der Waals surface area contributed by atoms with Crippen molar-refractivity contribution in [3.63, 3.8) is 0 Å². The predicted octanol–water partition coefficient (Wildman–Crippen LogP) is 1.96. The van der Waals surface area contributed by atoms with Gasteiger partial charge in [-0.1, -0.05) is 6.92 Å². The maximum atomic E-state index is 6.00. The van der Waals surface area contributed by atoms with E-state index in [1.54, 1.807) is 0 Å². The molecule has 1 aliphatic heterocycles. The van der Waals surface area contributed by atoms with Crippen LogP contribution in [0.25, 0.3) is 0 Å². The van der Waals surface area contributed by atoms with Gasteiger partial charge < -0.3 is 10.5 Å². The molecule has 18 heavy (non-hydrogen) atoms. The van der Waals surface area contributed by atoms with E-state index in [0.29, 0.717) is 5.92 Å². The number of aromatic nitrogens is 2. The molecule has 0 saturated carbocycles. The summed E-state index contributed by atoms with van der Waals surface area (Å²) in [5.41, 5.74) is 8.10. The number of rotatable bonds is 4. The van der Waals surface area contributed by atoms with Crippen LogP contribution in [-0.2, 0) is 11.2 Å². The van der Waals surface area contributed by atoms with E-state index >= 15 is 0 Å². The van der Waals surface area contributed by atoms with Gasteiger partial charge in [0.1, 0.15) is 5.82 Å². The number of nitrogens with two attached hydrogens (primary N) is 1. The minimum Gasteiger partial charge on any atom is -0.381 e. The van der Waals surface area contributed by atoms with Crippen molar-refractivity contribution >= 4 is 0 Å². The first-order valence-electron chi connectivity index (χ1n) is 6.86. The first-order valence-corrected chi connectivity index (χ1v) is 6.86. The minimum atomic E-state index is 0.190. The number of aryl methyl sites for hydroxylation is 1. The Balaban J connectivity index is 2.14. The van der Waals surface area contributed by atoms with Crippen molar-refractivity contribution < 1.29 is 4.74 Å². The average Bonchev–Trinajstić information content (AvgIpc) is 2.39. The van der Waals surface area contributed by atoms with Crippen molar-refractivity contribution in [3.05, 3.63) is 23.3 Å². The molecule has 2 unspecified atom stereocenters. The number of ether oxygens (including phenoxy) is 1. The van der Waals surface area contributed by atoms with E-state index in [4.69, 9.17) is 10.5 Å². The molecule has 0 spiro atoms. The van der Waals surface area contributed by atoms with Gasteiger partial charge in [-0.05, 0) is 32.3 Å². The summed E-state index contributed by atoms with van der Waals surface area (Å²) in [6.07, 6.45) is 4.04. The van der Waals surface area contributed by atoms with Gasteiger partial charge in [0.2, 0.25) is 0 Å². The van der Waals surface area contributed by atoms with Crippen LogP contribution in [0.2, 0.25) is 0 Å². The molecule has 0 aromatic carbocycles. The largest absolute Gasteiger partial charge is 0.381 e. The van der Waals surface area contributed by atoms with Crippen LogP contribution >= 0.6 is 0 Å². The molecule has 1 saturated heterocycles. The Morgan fingerprint density at radius 2 is 2.33 bits per heavy atom. The van der Waals surface area contributed by atoms with E-state index in [2.05, 4.69) is 16.9 Å². The highest BCUT2D eigenvalue weighted by atomic mass is 16.5. The summed E-state index contributed by atoms with van der Waals surface area (Å²) >= 11 is 0. The van der Waals surface area contributed by atoms with Crippen LogP contribution in [0.3, 0.4) is 0 Å². The lowest BCUT2D eigenvalue weighted by Gasteiger charge is -2.21. The zero-order chi connectivity index (χ0) is 13.0. The van der Waals surface area contributed by atoms with Gasteiger partial charge in [-0.3, -0.25) is 0 Å². The van der Waals surface area contributed by atoms with Crippen LogP contribution in [0, 0.1) is 6.92 Å². The molecule has 0 bridgehead atoms. The molecular formula is C14H23N3O. The van der Waals surface area contributed by atoms with Crippen LogP contribution in [0.5, 0.6) is 0 Å². The summed E-state index contributed by atoms with van der Waals surface area (Å²) in [6, 6.07) is 2.23. The van der Waals surface area contributed by atoms with Crippen molar-refractivity contribution in [3.8, 4) is 0 Å². The molecule has 1 aliphatic rings. The fourth-order valence-corrected chi connectivity index (χ4v) is 2.30. The summed E-state index contributed by atoms with van der Waals surface area (Å²) in [4.78, 5) is 9.23. The Labute approximate surface area is 109 Å². The van der Waals surface area contributed by atoms with Crippen LogP contribution < -0.4 is 5.73 Å². The fourth-order valence-electron chi connectivity index (χ4n) is 2.30. The van der Waals surface area contributed by atoms with Crippen molar-refractivity contribution in [2.45, 2.75) is 51.5 Å². The van der Waals surface area contributed by atoms with Crippen LogP contribution in [0.4, 0.5) is 0 Å². The zero-order valence-corrected chi connectivity index (χ0v) is 11.4. The molecule has 0 radical (unpaired) electrons. The van der Waals surface area contributed by atoms with Gasteiger partial charge in [0.15, 0.2) is 0 Å². The fraction of sp³-hybridized carbons (Fsp3) is 0.714. The summed E-state index contributed by atoms with van der Waals surface area (Å²) in [6.45, 7) is 5.75. The van der Waals surface area contributed by atoms with E-state index in [1.165, 1.54) is 0 Å². The lowest BCUT2D eigenvalue weighted by Crippen LogP contribution is -2.23. The Morgan fingerprint density at radius 3 is 3.00 bits per heavy atom. The lowest BCUT2D eigenvalue weighted by atomic mass is 10.0. The van der Waals surface area contributed by atoms with Crippen LogP contribution in [0.1, 0.15) is 49.3 Å². The molecule has 1 aromatic rings. The van der Waals surface area contributed by atoms with Gasteiger partial charge in [-0.2, -0.15) is 0 Å². The quantitative estimate of drug-likeness (QED) is 0.886. The van der Waals surface area contributed by atoms with E-state index in [9.17, 15) is 0 Å². The standard InChI is InChI=1S/C14H23N3O/c1-3-12(15)8-13-7-10(2)16-14(17-13)11-5-4-6-18-9-11/h7,11-12H,3-6,8-9,15H2,1-2H3. The normalized spacial score (nSPS) is 21.8.